The summed E-state index contributed by atoms with van der Waals surface area (Å²) in [4.78, 5) is 41.2. The van der Waals surface area contributed by atoms with Crippen molar-refractivity contribution in [1.29, 1.82) is 0 Å². The first-order valence-electron chi connectivity index (χ1n) is 17.3. The Bertz CT molecular complexity index is 956. The number of hydrogen-bond acceptors (Lipinski definition) is 9. The molecule has 0 aliphatic carbocycles. The Kier molecular flexibility index (Phi) is 20.1. The number of hydrogen-bond donors (Lipinski definition) is 0. The normalized spacial score (nSPS) is 12.7. The average Bonchev–Trinajstić information content (AvgIpc) is 3.02. The molecule has 45 heavy (non-hydrogen) atoms. The van der Waals surface area contributed by atoms with Gasteiger partial charge in [0.25, 0.3) is 0 Å². The predicted molar refractivity (Wildman–Crippen MR) is 186 cm³/mol. The maximum absolute atomic E-state index is 13.7. The van der Waals surface area contributed by atoms with E-state index in [1.807, 2.05) is 41.5 Å². The van der Waals surface area contributed by atoms with Crippen LogP contribution in [0.1, 0.15) is 81.6 Å². The lowest BCUT2D eigenvalue weighted by Crippen LogP contribution is -2.55. The molecule has 0 unspecified atom stereocenters. The number of aromatic nitrogens is 3. The van der Waals surface area contributed by atoms with Crippen LogP contribution < -0.4 is 17.1 Å². The van der Waals surface area contributed by atoms with Crippen molar-refractivity contribution in [2.45, 2.75) is 137 Å². The molecule has 0 aromatic carbocycles. The van der Waals surface area contributed by atoms with E-state index in [1.54, 1.807) is 0 Å². The highest BCUT2D eigenvalue weighted by Crippen LogP contribution is 2.23. The van der Waals surface area contributed by atoms with Crippen LogP contribution in [-0.2, 0) is 46.2 Å². The second-order valence-electron chi connectivity index (χ2n) is 11.0. The van der Waals surface area contributed by atoms with E-state index < -0.39 is 42.8 Å². The minimum absolute atomic E-state index is 0.184. The zero-order valence-corrected chi connectivity index (χ0v) is 32.7. The second kappa shape index (κ2) is 21.6. The van der Waals surface area contributed by atoms with Gasteiger partial charge in [-0.15, -0.1) is 0 Å². The van der Waals surface area contributed by atoms with Gasteiger partial charge in [-0.1, -0.05) is 20.8 Å². The van der Waals surface area contributed by atoms with Crippen molar-refractivity contribution in [3.8, 4) is 0 Å². The van der Waals surface area contributed by atoms with Gasteiger partial charge in [-0.05, 0) is 97.1 Å². The lowest BCUT2D eigenvalue weighted by molar-refractivity contribution is 0.182. The topological polar surface area (TPSA) is 121 Å². The molecular formula is C30H63N3O9Si3. The summed E-state index contributed by atoms with van der Waals surface area (Å²) in [5.74, 6) is 0. The molecule has 0 aliphatic rings. The molecule has 1 rings (SSSR count). The summed E-state index contributed by atoms with van der Waals surface area (Å²) in [5.41, 5.74) is -1.72. The second-order valence-corrected chi connectivity index (χ2v) is 21.8. The summed E-state index contributed by atoms with van der Waals surface area (Å²) >= 11 is 0. The molecular weight excluding hydrogens is 631 g/mol. The van der Waals surface area contributed by atoms with Crippen molar-refractivity contribution in [2.24, 2.45) is 0 Å². The molecule has 0 spiro atoms. The molecule has 1 aromatic rings. The summed E-state index contributed by atoms with van der Waals surface area (Å²) in [6.07, 6.45) is 1.61. The average molecular weight is 694 g/mol. The van der Waals surface area contributed by atoms with Crippen LogP contribution in [0.25, 0.3) is 0 Å². The standard InChI is InChI=1S/C30H63N3O9Si3/c1-10-37-43(16-7,38-11-2)25-19-22-31-28(34)32(23-20-26-44(17-8,39-12-3)40-13-4)30(36)33(29(31)35)24-21-27-45(18-9,41-14-5)42-15-6/h10-27H2,1-9H3. The highest BCUT2D eigenvalue weighted by Gasteiger charge is 2.36. The maximum atomic E-state index is 13.7. The van der Waals surface area contributed by atoms with Gasteiger partial charge in [-0.25, -0.2) is 28.1 Å². The third-order valence-electron chi connectivity index (χ3n) is 8.26. The SMILES string of the molecule is CCO[Si](CC)(CCCn1c(=O)n(CCC[Si](CC)(OCC)OCC)c(=O)n(CCC[Si](CC)(OCC)OCC)c1=O)OCC. The molecule has 0 atom stereocenters. The van der Waals surface area contributed by atoms with E-state index in [0.29, 0.717) is 77.0 Å². The van der Waals surface area contributed by atoms with E-state index in [9.17, 15) is 14.4 Å². The molecule has 0 radical (unpaired) electrons. The van der Waals surface area contributed by atoms with Gasteiger partial charge in [-0.3, -0.25) is 0 Å². The third kappa shape index (κ3) is 12.1. The number of rotatable bonds is 27. The van der Waals surface area contributed by atoms with Crippen LogP contribution in [0, 0.1) is 0 Å². The van der Waals surface area contributed by atoms with E-state index in [1.165, 1.54) is 13.7 Å². The molecule has 264 valence electrons. The highest BCUT2D eigenvalue weighted by molar-refractivity contribution is 6.68. The van der Waals surface area contributed by atoms with Gasteiger partial charge in [0.15, 0.2) is 0 Å². The van der Waals surface area contributed by atoms with E-state index >= 15 is 0 Å². The third-order valence-corrected chi connectivity index (χ3v) is 19.7. The van der Waals surface area contributed by atoms with Crippen molar-refractivity contribution in [1.82, 2.24) is 13.7 Å². The Morgan fingerprint density at radius 3 is 0.756 bits per heavy atom. The summed E-state index contributed by atoms with van der Waals surface area (Å²) in [5, 5.41) is 0. The van der Waals surface area contributed by atoms with Gasteiger partial charge in [0.05, 0.1) is 0 Å². The van der Waals surface area contributed by atoms with Crippen LogP contribution in [0.5, 0.6) is 0 Å². The first-order chi connectivity index (χ1) is 21.6. The fourth-order valence-electron chi connectivity index (χ4n) is 6.05. The molecule has 15 heteroatoms. The monoisotopic (exact) mass is 693 g/mol. The van der Waals surface area contributed by atoms with E-state index in [2.05, 4.69) is 20.8 Å². The van der Waals surface area contributed by atoms with Crippen LogP contribution in [-0.4, -0.2) is 79.0 Å². The lowest BCUT2D eigenvalue weighted by Gasteiger charge is -2.29. The summed E-state index contributed by atoms with van der Waals surface area (Å²) in [7, 11) is -7.38. The van der Waals surface area contributed by atoms with Crippen LogP contribution in [0.4, 0.5) is 0 Å². The van der Waals surface area contributed by atoms with Crippen molar-refractivity contribution in [3.63, 3.8) is 0 Å². The first-order valence-corrected chi connectivity index (χ1v) is 24.0. The smallest absolute Gasteiger partial charge is 0.337 e. The molecule has 0 amide bonds. The largest absolute Gasteiger partial charge is 0.394 e. The molecule has 1 aromatic heterocycles. The van der Waals surface area contributed by atoms with Crippen LogP contribution in [0.15, 0.2) is 14.4 Å². The van der Waals surface area contributed by atoms with Crippen LogP contribution in [0.3, 0.4) is 0 Å². The van der Waals surface area contributed by atoms with Gasteiger partial charge < -0.3 is 26.6 Å². The quantitative estimate of drug-likeness (QED) is 0.118. The van der Waals surface area contributed by atoms with Gasteiger partial charge in [0, 0.05) is 59.3 Å². The molecule has 0 N–H and O–H groups in total. The van der Waals surface area contributed by atoms with Crippen molar-refractivity contribution in [3.05, 3.63) is 31.5 Å². The maximum Gasteiger partial charge on any atom is 0.337 e. The van der Waals surface area contributed by atoms with Crippen molar-refractivity contribution >= 4 is 25.7 Å². The molecule has 1 heterocycles. The van der Waals surface area contributed by atoms with Gasteiger partial charge in [0.1, 0.15) is 0 Å². The Morgan fingerprint density at radius 1 is 0.400 bits per heavy atom. The molecule has 12 nitrogen and oxygen atoms in total. The first kappa shape index (κ1) is 41.8. The van der Waals surface area contributed by atoms with Gasteiger partial charge in [-0.2, -0.15) is 0 Å². The minimum Gasteiger partial charge on any atom is -0.394 e. The Morgan fingerprint density at radius 2 is 0.600 bits per heavy atom. The summed E-state index contributed by atoms with van der Waals surface area (Å²) in [6, 6.07) is 4.28. The van der Waals surface area contributed by atoms with Gasteiger partial charge >= 0.3 is 42.8 Å². The highest BCUT2D eigenvalue weighted by atomic mass is 28.4. The zero-order chi connectivity index (χ0) is 33.9. The summed E-state index contributed by atoms with van der Waals surface area (Å²) < 4.78 is 40.3. The molecule has 0 aliphatic heterocycles. The van der Waals surface area contributed by atoms with Crippen LogP contribution in [0.2, 0.25) is 36.3 Å². The lowest BCUT2D eigenvalue weighted by atomic mass is 10.4. The fraction of sp³-hybridized carbons (Fsp3) is 0.900. The Labute approximate surface area is 274 Å². The fourth-order valence-corrected chi connectivity index (χ4v) is 14.7. The van der Waals surface area contributed by atoms with Gasteiger partial charge in [0.2, 0.25) is 0 Å². The molecule has 0 bridgehead atoms. The predicted octanol–water partition coefficient (Wildman–Crippen LogP) is 4.95. The van der Waals surface area contributed by atoms with E-state index in [-0.39, 0.29) is 19.6 Å². The van der Waals surface area contributed by atoms with Crippen molar-refractivity contribution < 1.29 is 26.6 Å². The van der Waals surface area contributed by atoms with Crippen LogP contribution >= 0.6 is 0 Å². The Hall–Kier alpha value is -1.18. The number of nitrogens with zero attached hydrogens (tertiary/aromatic N) is 3. The molecule has 0 saturated carbocycles. The zero-order valence-electron chi connectivity index (χ0n) is 29.7. The molecule has 0 fully saturated rings. The molecule has 0 saturated heterocycles. The minimum atomic E-state index is -2.46. The Balaban J connectivity index is 3.46. The van der Waals surface area contributed by atoms with Crippen molar-refractivity contribution in [2.75, 3.05) is 39.6 Å². The van der Waals surface area contributed by atoms with E-state index in [0.717, 1.165) is 18.1 Å². The summed E-state index contributed by atoms with van der Waals surface area (Å²) in [6.45, 7) is 21.8. The van der Waals surface area contributed by atoms with E-state index in [4.69, 9.17) is 26.6 Å².